The van der Waals surface area contributed by atoms with E-state index in [1.54, 1.807) is 10.7 Å². The summed E-state index contributed by atoms with van der Waals surface area (Å²) in [5.41, 5.74) is 1.14. The van der Waals surface area contributed by atoms with Crippen LogP contribution < -0.4 is 0 Å². The summed E-state index contributed by atoms with van der Waals surface area (Å²) in [5, 5.41) is 19.1. The Labute approximate surface area is 207 Å². The molecule has 0 aliphatic heterocycles. The lowest BCUT2D eigenvalue weighted by molar-refractivity contribution is -0.158. The number of halogens is 1. The molecule has 5 nitrogen and oxygen atoms in total. The molecule has 8 atom stereocenters. The van der Waals surface area contributed by atoms with Crippen LogP contribution in [0.25, 0.3) is 11.0 Å². The molecule has 4 fully saturated rings. The van der Waals surface area contributed by atoms with Crippen molar-refractivity contribution < 1.29 is 14.3 Å². The molecule has 0 saturated heterocycles. The van der Waals surface area contributed by atoms with Gasteiger partial charge in [0.25, 0.3) is 0 Å². The minimum atomic E-state index is -0.501. The number of carbonyl (C=O) groups is 1. The van der Waals surface area contributed by atoms with Crippen LogP contribution in [0.5, 0.6) is 0 Å². The van der Waals surface area contributed by atoms with Gasteiger partial charge in [-0.05, 0) is 118 Å². The largest absolute Gasteiger partial charge is 0.390 e. The molecule has 0 amide bonds. The number of hydrogen-bond acceptors (Lipinski definition) is 4. The molecule has 1 heterocycles. The van der Waals surface area contributed by atoms with Crippen LogP contribution >= 0.6 is 0 Å². The molecule has 1 aromatic carbocycles. The van der Waals surface area contributed by atoms with Gasteiger partial charge in [0, 0.05) is 12.0 Å². The Hall–Kier alpha value is -1.82. The number of carbonyl (C=O) groups excluding carboxylic acids is 1. The molecule has 0 radical (unpaired) electrons. The van der Waals surface area contributed by atoms with Crippen molar-refractivity contribution in [3.05, 3.63) is 24.0 Å². The average Bonchev–Trinajstić information content (AvgIpc) is 3.38. The Morgan fingerprint density at radius 2 is 1.94 bits per heavy atom. The molecule has 35 heavy (non-hydrogen) atoms. The van der Waals surface area contributed by atoms with E-state index in [1.165, 1.54) is 37.8 Å². The summed E-state index contributed by atoms with van der Waals surface area (Å²) in [6.45, 7) is 6.99. The van der Waals surface area contributed by atoms with Crippen LogP contribution in [-0.2, 0) is 11.3 Å². The van der Waals surface area contributed by atoms with Gasteiger partial charge in [0.15, 0.2) is 5.78 Å². The van der Waals surface area contributed by atoms with Crippen molar-refractivity contribution in [2.24, 2.45) is 40.4 Å². The van der Waals surface area contributed by atoms with Crippen molar-refractivity contribution in [3.63, 3.8) is 0 Å². The van der Waals surface area contributed by atoms with Gasteiger partial charge in [-0.3, -0.25) is 4.79 Å². The van der Waals surface area contributed by atoms with Crippen LogP contribution in [0.2, 0.25) is 0 Å². The van der Waals surface area contributed by atoms with E-state index in [-0.39, 0.29) is 29.5 Å². The second-order valence-corrected chi connectivity index (χ2v) is 13.0. The van der Waals surface area contributed by atoms with Crippen molar-refractivity contribution in [2.75, 3.05) is 0 Å². The van der Waals surface area contributed by atoms with Gasteiger partial charge in [0.2, 0.25) is 0 Å². The Balaban J connectivity index is 1.23. The quantitative estimate of drug-likeness (QED) is 0.587. The van der Waals surface area contributed by atoms with E-state index in [2.05, 4.69) is 24.2 Å². The summed E-state index contributed by atoms with van der Waals surface area (Å²) >= 11 is 0. The third kappa shape index (κ3) is 3.53. The number of aromatic nitrogens is 3. The lowest BCUT2D eigenvalue weighted by Crippen LogP contribution is -2.56. The number of Topliss-reactive ketones (excluding diaryl/α,β-unsaturated/α-hetero) is 1. The van der Waals surface area contributed by atoms with Gasteiger partial charge in [-0.2, -0.15) is 0 Å². The van der Waals surface area contributed by atoms with Gasteiger partial charge in [-0.25, -0.2) is 9.07 Å². The maximum absolute atomic E-state index is 13.8. The van der Waals surface area contributed by atoms with Crippen LogP contribution in [0.1, 0.15) is 85.0 Å². The Bertz CT molecular complexity index is 1140. The second kappa shape index (κ2) is 8.09. The Morgan fingerprint density at radius 1 is 1.11 bits per heavy atom. The molecule has 4 aliphatic rings. The fraction of sp³-hybridized carbons (Fsp3) is 0.759. The van der Waals surface area contributed by atoms with Crippen molar-refractivity contribution >= 4 is 16.8 Å². The molecule has 1 N–H and O–H groups in total. The molecule has 190 valence electrons. The van der Waals surface area contributed by atoms with Crippen molar-refractivity contribution in [1.29, 1.82) is 0 Å². The van der Waals surface area contributed by atoms with E-state index in [4.69, 9.17) is 0 Å². The van der Waals surface area contributed by atoms with Crippen LogP contribution in [0.3, 0.4) is 0 Å². The minimum absolute atomic E-state index is 0.0435. The average molecular weight is 482 g/mol. The zero-order chi connectivity index (χ0) is 24.6. The zero-order valence-electron chi connectivity index (χ0n) is 21.5. The highest BCUT2D eigenvalue weighted by molar-refractivity contribution is 5.84. The monoisotopic (exact) mass is 481 g/mol. The highest BCUT2D eigenvalue weighted by atomic mass is 19.1. The molecule has 1 aromatic heterocycles. The smallest absolute Gasteiger partial charge is 0.157 e. The molecule has 6 rings (SSSR count). The maximum atomic E-state index is 13.8. The first-order chi connectivity index (χ1) is 16.7. The normalized spacial score (nSPS) is 42.9. The highest BCUT2D eigenvalue weighted by Crippen LogP contribution is 2.69. The highest BCUT2D eigenvalue weighted by Gasteiger charge is 2.62. The summed E-state index contributed by atoms with van der Waals surface area (Å²) in [5.74, 6) is 2.63. The molecule has 4 aliphatic carbocycles. The van der Waals surface area contributed by atoms with E-state index < -0.39 is 5.60 Å². The number of aliphatic hydroxyl groups is 1. The second-order valence-electron chi connectivity index (χ2n) is 13.0. The molecule has 0 unspecified atom stereocenters. The summed E-state index contributed by atoms with van der Waals surface area (Å²) in [4.78, 5) is 13.7. The van der Waals surface area contributed by atoms with Crippen molar-refractivity contribution in [2.45, 2.75) is 97.1 Å². The van der Waals surface area contributed by atoms with Crippen LogP contribution in [0.15, 0.2) is 18.2 Å². The topological polar surface area (TPSA) is 68.0 Å². The van der Waals surface area contributed by atoms with Crippen molar-refractivity contribution in [3.8, 4) is 0 Å². The molecule has 2 aromatic rings. The number of nitrogens with zero attached hydrogens (tertiary/aromatic N) is 3. The number of fused-ring (bicyclic) bond motifs is 6. The van der Waals surface area contributed by atoms with Crippen molar-refractivity contribution in [1.82, 2.24) is 15.0 Å². The van der Waals surface area contributed by atoms with E-state index in [1.807, 2.05) is 6.92 Å². The maximum Gasteiger partial charge on any atom is 0.157 e. The van der Waals surface area contributed by atoms with E-state index >= 15 is 0 Å². The SMILES string of the molecule is CC[C@]12CC[C@@](C)(O)C[C@@H]1CC[C@H]1[C@@H]3CC[C@H](C(=O)Cn4nnc5ccc(F)cc54)[C@@]3(C)CC[C@@H]12. The van der Waals surface area contributed by atoms with Gasteiger partial charge in [-0.1, -0.05) is 19.1 Å². The predicted octanol–water partition coefficient (Wildman–Crippen LogP) is 5.94. The van der Waals surface area contributed by atoms with Crippen LogP contribution in [-0.4, -0.2) is 31.5 Å². The van der Waals surface area contributed by atoms with Gasteiger partial charge in [-0.15, -0.1) is 5.10 Å². The standard InChI is InChI=1S/C29H40FN3O2/c1-4-29-14-13-27(2,35)16-18(29)5-7-20-21-8-9-23(28(21,3)12-11-22(20)29)26(34)17-33-25-15-19(30)6-10-24(25)31-32-33/h6,10,15,18,20-23,35H,4-5,7-9,11-14,16-17H2,1-3H3/t18-,20-,21-,22-,23+,27+,28-,29-/m0/s1. The lowest BCUT2D eigenvalue weighted by atomic mass is 9.42. The Morgan fingerprint density at radius 3 is 2.74 bits per heavy atom. The molecule has 4 saturated carbocycles. The predicted molar refractivity (Wildman–Crippen MR) is 133 cm³/mol. The first-order valence-electron chi connectivity index (χ1n) is 13.9. The number of ketones is 1. The fourth-order valence-electron chi connectivity index (χ4n) is 9.79. The first kappa shape index (κ1) is 23.6. The van der Waals surface area contributed by atoms with Gasteiger partial charge < -0.3 is 5.11 Å². The third-order valence-electron chi connectivity index (χ3n) is 11.5. The molecule has 0 spiro atoms. The molecular formula is C29H40FN3O2. The lowest BCUT2D eigenvalue weighted by Gasteiger charge is -2.63. The zero-order valence-corrected chi connectivity index (χ0v) is 21.5. The van der Waals surface area contributed by atoms with Gasteiger partial charge in [0.05, 0.1) is 11.1 Å². The Kier molecular flexibility index (Phi) is 5.45. The fourth-order valence-corrected chi connectivity index (χ4v) is 9.79. The molecular weight excluding hydrogens is 441 g/mol. The van der Waals surface area contributed by atoms with Gasteiger partial charge >= 0.3 is 0 Å². The number of benzene rings is 1. The summed E-state index contributed by atoms with van der Waals surface area (Å²) in [6.07, 6.45) is 11.2. The third-order valence-corrected chi connectivity index (χ3v) is 11.5. The number of hydrogen-bond donors (Lipinski definition) is 1. The van der Waals surface area contributed by atoms with Gasteiger partial charge in [0.1, 0.15) is 17.9 Å². The van der Waals surface area contributed by atoms with Crippen LogP contribution in [0.4, 0.5) is 4.39 Å². The van der Waals surface area contributed by atoms with E-state index in [0.717, 1.165) is 44.4 Å². The summed E-state index contributed by atoms with van der Waals surface area (Å²) < 4.78 is 15.4. The minimum Gasteiger partial charge on any atom is -0.390 e. The first-order valence-corrected chi connectivity index (χ1v) is 13.9. The van der Waals surface area contributed by atoms with Crippen LogP contribution in [0, 0.1) is 46.2 Å². The summed E-state index contributed by atoms with van der Waals surface area (Å²) in [7, 11) is 0. The molecule has 6 heteroatoms. The van der Waals surface area contributed by atoms with E-state index in [9.17, 15) is 14.3 Å². The van der Waals surface area contributed by atoms with E-state index in [0.29, 0.717) is 34.2 Å². The number of rotatable bonds is 4. The molecule has 0 bridgehead atoms. The summed E-state index contributed by atoms with van der Waals surface area (Å²) in [6, 6.07) is 4.43.